The molecule has 1 heterocycles. The smallest absolute Gasteiger partial charge is 0.417 e. The van der Waals surface area contributed by atoms with Crippen LogP contribution in [0.5, 0.6) is 0 Å². The molecular formula is C30H24F3N5O6. The van der Waals surface area contributed by atoms with Crippen molar-refractivity contribution in [3.63, 3.8) is 0 Å². The molecule has 2 N–H and O–H groups in total. The number of carbonyl (C=O) groups excluding carboxylic acids is 3. The zero-order valence-electron chi connectivity index (χ0n) is 23.7. The Bertz CT molecular complexity index is 1880. The first kappa shape index (κ1) is 31.2. The highest BCUT2D eigenvalue weighted by atomic mass is 19.4. The van der Waals surface area contributed by atoms with Gasteiger partial charge in [-0.25, -0.2) is 4.79 Å². The van der Waals surface area contributed by atoms with E-state index in [1.165, 1.54) is 51.4 Å². The number of halogens is 3. The molecule has 0 aliphatic rings. The van der Waals surface area contributed by atoms with Crippen LogP contribution in [0.3, 0.4) is 0 Å². The van der Waals surface area contributed by atoms with Gasteiger partial charge in [-0.2, -0.15) is 18.4 Å². The zero-order chi connectivity index (χ0) is 32.5. The molecule has 226 valence electrons. The summed E-state index contributed by atoms with van der Waals surface area (Å²) in [4.78, 5) is 51.7. The van der Waals surface area contributed by atoms with Crippen LogP contribution in [0.2, 0.25) is 0 Å². The molecule has 0 saturated heterocycles. The Kier molecular flexibility index (Phi) is 8.43. The van der Waals surface area contributed by atoms with Crippen molar-refractivity contribution in [2.24, 2.45) is 0 Å². The summed E-state index contributed by atoms with van der Waals surface area (Å²) in [5.74, 6) is -3.28. The fraction of sp³-hybridized carbons (Fsp3) is 0.200. The topological polar surface area (TPSA) is 157 Å². The normalized spacial score (nSPS) is 11.1. The van der Waals surface area contributed by atoms with Crippen molar-refractivity contribution in [1.82, 2.24) is 5.16 Å². The van der Waals surface area contributed by atoms with Crippen molar-refractivity contribution in [2.75, 3.05) is 29.2 Å². The van der Waals surface area contributed by atoms with Gasteiger partial charge < -0.3 is 24.7 Å². The van der Waals surface area contributed by atoms with Crippen molar-refractivity contribution in [3.05, 3.63) is 70.9 Å². The fourth-order valence-corrected chi connectivity index (χ4v) is 4.48. The van der Waals surface area contributed by atoms with E-state index in [4.69, 9.17) is 9.78 Å². The molecule has 0 aliphatic heterocycles. The Morgan fingerprint density at radius 1 is 1.02 bits per heavy atom. The van der Waals surface area contributed by atoms with Gasteiger partial charge in [0.05, 0.1) is 39.5 Å². The molecule has 0 unspecified atom stereocenters. The van der Waals surface area contributed by atoms with Gasteiger partial charge in [0, 0.05) is 44.8 Å². The van der Waals surface area contributed by atoms with Crippen LogP contribution in [0.25, 0.3) is 22.1 Å². The van der Waals surface area contributed by atoms with E-state index in [0.29, 0.717) is 0 Å². The first-order chi connectivity index (χ1) is 20.7. The molecule has 11 nitrogen and oxygen atoms in total. The Hall–Kier alpha value is -5.71. The van der Waals surface area contributed by atoms with Crippen molar-refractivity contribution in [2.45, 2.75) is 26.4 Å². The first-order valence-electron chi connectivity index (χ1n) is 12.9. The number of benzene rings is 3. The van der Waals surface area contributed by atoms with Gasteiger partial charge in [0.15, 0.2) is 11.3 Å². The number of carboxylic acid groups (broad SMARTS) is 1. The highest BCUT2D eigenvalue weighted by Gasteiger charge is 2.36. The SMILES string of the molecule is CCC(=O)N(C)c1cc2onc(C(=O)Nc3ccc(C#N)cc3C(=O)O)c2cc1-c1ccc(N(C)C(C)=O)cc1C(F)(F)F. The van der Waals surface area contributed by atoms with E-state index in [2.05, 4.69) is 10.5 Å². The van der Waals surface area contributed by atoms with Crippen LogP contribution in [-0.4, -0.2) is 48.0 Å². The zero-order valence-corrected chi connectivity index (χ0v) is 23.7. The third-order valence-corrected chi connectivity index (χ3v) is 6.93. The number of alkyl halides is 3. The van der Waals surface area contributed by atoms with Crippen molar-refractivity contribution >= 4 is 51.7 Å². The summed E-state index contributed by atoms with van der Waals surface area (Å²) in [6, 6.07) is 11.2. The summed E-state index contributed by atoms with van der Waals surface area (Å²) in [5.41, 5.74) is -2.44. The van der Waals surface area contributed by atoms with Crippen LogP contribution in [0.1, 0.15) is 52.2 Å². The van der Waals surface area contributed by atoms with E-state index in [9.17, 15) is 37.5 Å². The quantitative estimate of drug-likeness (QED) is 0.271. The average Bonchev–Trinajstić information content (AvgIpc) is 3.41. The number of aromatic carboxylic acids is 1. The number of aromatic nitrogens is 1. The minimum absolute atomic E-state index is 0.0177. The Balaban J connectivity index is 1.94. The number of fused-ring (bicyclic) bond motifs is 1. The van der Waals surface area contributed by atoms with Gasteiger partial charge in [-0.3, -0.25) is 14.4 Å². The number of carboxylic acids is 1. The summed E-state index contributed by atoms with van der Waals surface area (Å²) in [5, 5.41) is 24.8. The van der Waals surface area contributed by atoms with Crippen LogP contribution in [-0.2, 0) is 15.8 Å². The third kappa shape index (κ3) is 5.93. The molecule has 1 aromatic heterocycles. The van der Waals surface area contributed by atoms with Gasteiger partial charge in [-0.05, 0) is 42.0 Å². The lowest BCUT2D eigenvalue weighted by molar-refractivity contribution is -0.137. The van der Waals surface area contributed by atoms with Crippen LogP contribution < -0.4 is 15.1 Å². The number of hydrogen-bond donors (Lipinski definition) is 2. The number of anilines is 3. The van der Waals surface area contributed by atoms with Crippen LogP contribution in [0, 0.1) is 11.3 Å². The molecule has 0 bridgehead atoms. The summed E-state index contributed by atoms with van der Waals surface area (Å²) in [6.45, 7) is 2.78. The van der Waals surface area contributed by atoms with Gasteiger partial charge in [0.1, 0.15) is 0 Å². The molecule has 44 heavy (non-hydrogen) atoms. The lowest BCUT2D eigenvalue weighted by Crippen LogP contribution is -2.26. The first-order valence-corrected chi connectivity index (χ1v) is 12.9. The van der Waals surface area contributed by atoms with E-state index < -0.39 is 35.4 Å². The minimum Gasteiger partial charge on any atom is -0.478 e. The fourth-order valence-electron chi connectivity index (χ4n) is 4.48. The Labute approximate surface area is 248 Å². The molecular weight excluding hydrogens is 583 g/mol. The molecule has 3 aromatic carbocycles. The van der Waals surface area contributed by atoms with Crippen LogP contribution in [0.15, 0.2) is 53.1 Å². The standard InChI is InChI=1S/C30H24F3N5O6/c1-5-26(40)38(4)24-13-25-21(12-19(24)18-8-7-17(37(3)15(2)39)11-22(18)30(31,32)33)27(36-44-25)28(41)35-23-9-6-16(14-34)10-20(23)29(42)43/h6-13H,5H2,1-4H3,(H,35,41)(H,42,43). The summed E-state index contributed by atoms with van der Waals surface area (Å²) >= 11 is 0. The maximum atomic E-state index is 14.4. The van der Waals surface area contributed by atoms with Gasteiger partial charge in [0.25, 0.3) is 5.91 Å². The summed E-state index contributed by atoms with van der Waals surface area (Å²) in [6.07, 6.45) is -4.86. The molecule has 0 spiro atoms. The number of amides is 3. The van der Waals surface area contributed by atoms with Gasteiger partial charge in [-0.1, -0.05) is 18.1 Å². The van der Waals surface area contributed by atoms with Crippen LogP contribution in [0.4, 0.5) is 30.2 Å². The van der Waals surface area contributed by atoms with Crippen LogP contribution >= 0.6 is 0 Å². The Morgan fingerprint density at radius 3 is 2.32 bits per heavy atom. The molecule has 0 radical (unpaired) electrons. The lowest BCUT2D eigenvalue weighted by atomic mass is 9.94. The second-order valence-corrected chi connectivity index (χ2v) is 9.64. The van der Waals surface area contributed by atoms with Gasteiger partial charge in [-0.15, -0.1) is 0 Å². The monoisotopic (exact) mass is 607 g/mol. The number of rotatable bonds is 7. The maximum Gasteiger partial charge on any atom is 0.417 e. The predicted octanol–water partition coefficient (Wildman–Crippen LogP) is 5.69. The van der Waals surface area contributed by atoms with E-state index in [0.717, 1.165) is 28.0 Å². The number of nitriles is 1. The lowest BCUT2D eigenvalue weighted by Gasteiger charge is -2.24. The van der Waals surface area contributed by atoms with E-state index in [1.54, 1.807) is 13.0 Å². The number of nitrogens with zero attached hydrogens (tertiary/aromatic N) is 4. The molecule has 4 rings (SSSR count). The van der Waals surface area contributed by atoms with E-state index in [-0.39, 0.29) is 62.4 Å². The summed E-state index contributed by atoms with van der Waals surface area (Å²) in [7, 11) is 2.71. The predicted molar refractivity (Wildman–Crippen MR) is 153 cm³/mol. The molecule has 0 aliphatic carbocycles. The Morgan fingerprint density at radius 2 is 1.73 bits per heavy atom. The third-order valence-electron chi connectivity index (χ3n) is 6.93. The molecule has 0 fully saturated rings. The molecule has 0 atom stereocenters. The summed E-state index contributed by atoms with van der Waals surface area (Å²) < 4.78 is 48.7. The molecule has 4 aromatic rings. The second kappa shape index (κ2) is 11.9. The second-order valence-electron chi connectivity index (χ2n) is 9.64. The number of hydrogen-bond acceptors (Lipinski definition) is 7. The largest absolute Gasteiger partial charge is 0.478 e. The molecule has 3 amide bonds. The van der Waals surface area contributed by atoms with Crippen molar-refractivity contribution in [1.29, 1.82) is 5.26 Å². The van der Waals surface area contributed by atoms with Crippen molar-refractivity contribution < 1.29 is 42.0 Å². The van der Waals surface area contributed by atoms with Gasteiger partial charge in [0.2, 0.25) is 11.8 Å². The minimum atomic E-state index is -4.89. The van der Waals surface area contributed by atoms with E-state index in [1.807, 2.05) is 0 Å². The van der Waals surface area contributed by atoms with Gasteiger partial charge >= 0.3 is 12.1 Å². The number of nitrogens with one attached hydrogen (secondary N) is 1. The number of carbonyl (C=O) groups is 4. The molecule has 14 heteroatoms. The van der Waals surface area contributed by atoms with Crippen molar-refractivity contribution in [3.8, 4) is 17.2 Å². The highest BCUT2D eigenvalue weighted by Crippen LogP contribution is 2.44. The maximum absolute atomic E-state index is 14.4. The average molecular weight is 608 g/mol. The highest BCUT2D eigenvalue weighted by molar-refractivity contribution is 6.14. The van der Waals surface area contributed by atoms with E-state index >= 15 is 0 Å². The molecule has 0 saturated carbocycles.